The van der Waals surface area contributed by atoms with E-state index < -0.39 is 23.3 Å². The normalized spacial score (nSPS) is 12.9. The topological polar surface area (TPSA) is 92.4 Å². The summed E-state index contributed by atoms with van der Waals surface area (Å²) in [5.74, 6) is -1.59. The minimum atomic E-state index is -1.15. The Labute approximate surface area is 127 Å². The van der Waals surface area contributed by atoms with E-state index in [2.05, 4.69) is 5.32 Å². The van der Waals surface area contributed by atoms with E-state index in [4.69, 9.17) is 34.0 Å². The molecule has 1 aromatic carbocycles. The first kappa shape index (κ1) is 16.8. The van der Waals surface area contributed by atoms with Crippen LogP contribution in [0.15, 0.2) is 12.1 Å². The van der Waals surface area contributed by atoms with Gasteiger partial charge in [-0.3, -0.25) is 4.79 Å². The Morgan fingerprint density at radius 2 is 1.70 bits per heavy atom. The number of hydrogen-bond acceptors (Lipinski definition) is 3. The van der Waals surface area contributed by atoms with E-state index in [1.807, 2.05) is 20.8 Å². The zero-order valence-corrected chi connectivity index (χ0v) is 12.8. The summed E-state index contributed by atoms with van der Waals surface area (Å²) >= 11 is 11.9. The number of carboxylic acids is 1. The summed E-state index contributed by atoms with van der Waals surface area (Å²) in [6, 6.07) is 1.68. The van der Waals surface area contributed by atoms with Crippen LogP contribution >= 0.6 is 23.2 Å². The number of anilines is 1. The van der Waals surface area contributed by atoms with Gasteiger partial charge in [0, 0.05) is 0 Å². The van der Waals surface area contributed by atoms with Gasteiger partial charge < -0.3 is 16.2 Å². The van der Waals surface area contributed by atoms with Gasteiger partial charge in [0.05, 0.1) is 27.3 Å². The van der Waals surface area contributed by atoms with Gasteiger partial charge in [0.2, 0.25) is 5.91 Å². The third kappa shape index (κ3) is 3.85. The van der Waals surface area contributed by atoms with Gasteiger partial charge in [-0.15, -0.1) is 0 Å². The number of rotatable bonds is 3. The Bertz CT molecular complexity index is 530. The monoisotopic (exact) mass is 318 g/mol. The number of nitrogens with two attached hydrogens (primary N) is 1. The van der Waals surface area contributed by atoms with Gasteiger partial charge in [0.1, 0.15) is 0 Å². The number of benzene rings is 1. The summed E-state index contributed by atoms with van der Waals surface area (Å²) < 4.78 is 0. The second-order valence-corrected chi connectivity index (χ2v) is 6.27. The maximum Gasteiger partial charge on any atom is 0.335 e. The number of amides is 1. The first-order valence-electron chi connectivity index (χ1n) is 5.83. The van der Waals surface area contributed by atoms with Crippen LogP contribution in [0.2, 0.25) is 10.0 Å². The number of nitrogens with one attached hydrogen (secondary N) is 1. The van der Waals surface area contributed by atoms with Crippen LogP contribution < -0.4 is 11.1 Å². The van der Waals surface area contributed by atoms with Crippen molar-refractivity contribution in [3.05, 3.63) is 27.7 Å². The van der Waals surface area contributed by atoms with Crippen molar-refractivity contribution in [1.82, 2.24) is 0 Å². The fourth-order valence-electron chi connectivity index (χ4n) is 1.41. The lowest BCUT2D eigenvalue weighted by Crippen LogP contribution is -2.45. The Morgan fingerprint density at radius 3 is 2.05 bits per heavy atom. The van der Waals surface area contributed by atoms with E-state index >= 15 is 0 Å². The van der Waals surface area contributed by atoms with Crippen molar-refractivity contribution >= 4 is 40.8 Å². The highest BCUT2D eigenvalue weighted by atomic mass is 35.5. The summed E-state index contributed by atoms with van der Waals surface area (Å²) in [5.41, 5.74) is 5.50. The average Bonchev–Trinajstić information content (AvgIpc) is 2.30. The predicted octanol–water partition coefficient (Wildman–Crippen LogP) is 3.00. The Morgan fingerprint density at radius 1 is 1.25 bits per heavy atom. The van der Waals surface area contributed by atoms with Gasteiger partial charge in [-0.05, 0) is 17.5 Å². The molecule has 0 unspecified atom stereocenters. The molecule has 0 heterocycles. The summed E-state index contributed by atoms with van der Waals surface area (Å²) in [7, 11) is 0. The molecule has 0 aromatic heterocycles. The quantitative estimate of drug-likeness (QED) is 0.798. The van der Waals surface area contributed by atoms with E-state index in [1.54, 1.807) is 0 Å². The van der Waals surface area contributed by atoms with Crippen molar-refractivity contribution in [2.24, 2.45) is 11.1 Å². The molecule has 4 N–H and O–H groups in total. The van der Waals surface area contributed by atoms with Crippen LogP contribution in [0.4, 0.5) is 5.69 Å². The molecule has 5 nitrogen and oxygen atoms in total. The van der Waals surface area contributed by atoms with Gasteiger partial charge in [-0.25, -0.2) is 4.79 Å². The van der Waals surface area contributed by atoms with Crippen LogP contribution in [0.3, 0.4) is 0 Å². The molecule has 1 amide bonds. The van der Waals surface area contributed by atoms with Crippen LogP contribution in [0.1, 0.15) is 31.1 Å². The van der Waals surface area contributed by atoms with Gasteiger partial charge in [-0.1, -0.05) is 44.0 Å². The maximum atomic E-state index is 12.0. The molecule has 1 aromatic rings. The second kappa shape index (κ2) is 5.99. The van der Waals surface area contributed by atoms with Crippen molar-refractivity contribution in [2.75, 3.05) is 5.32 Å². The largest absolute Gasteiger partial charge is 0.478 e. The summed E-state index contributed by atoms with van der Waals surface area (Å²) in [5, 5.41) is 11.5. The number of halogens is 2. The zero-order valence-electron chi connectivity index (χ0n) is 11.3. The molecule has 1 rings (SSSR count). The van der Waals surface area contributed by atoms with Crippen molar-refractivity contribution in [2.45, 2.75) is 26.8 Å². The van der Waals surface area contributed by atoms with E-state index in [-0.39, 0.29) is 21.3 Å². The van der Waals surface area contributed by atoms with E-state index in [0.29, 0.717) is 0 Å². The molecule has 0 radical (unpaired) electrons. The highest BCUT2D eigenvalue weighted by Gasteiger charge is 2.28. The SMILES string of the molecule is CC(C)(C)[C@@H](N)C(=O)Nc1c(Cl)cc(C(=O)O)cc1Cl. The molecule has 0 saturated heterocycles. The minimum absolute atomic E-state index is 0.0457. The third-order valence-corrected chi connectivity index (χ3v) is 3.35. The maximum absolute atomic E-state index is 12.0. The third-order valence-electron chi connectivity index (χ3n) is 2.75. The molecule has 1 atom stereocenters. The molecule has 0 aliphatic rings. The molecule has 20 heavy (non-hydrogen) atoms. The summed E-state index contributed by atoms with van der Waals surface area (Å²) in [6.07, 6.45) is 0. The molecule has 0 aliphatic carbocycles. The van der Waals surface area contributed by atoms with E-state index in [0.717, 1.165) is 0 Å². The first-order chi connectivity index (χ1) is 9.04. The van der Waals surface area contributed by atoms with Gasteiger partial charge in [0.25, 0.3) is 0 Å². The van der Waals surface area contributed by atoms with Gasteiger partial charge >= 0.3 is 5.97 Å². The smallest absolute Gasteiger partial charge is 0.335 e. The molecule has 7 heteroatoms. The molecular weight excluding hydrogens is 303 g/mol. The molecule has 0 aliphatic heterocycles. The lowest BCUT2D eigenvalue weighted by molar-refractivity contribution is -0.119. The van der Waals surface area contributed by atoms with Crippen LogP contribution in [-0.2, 0) is 4.79 Å². The average molecular weight is 319 g/mol. The zero-order chi connectivity index (χ0) is 15.7. The van der Waals surface area contributed by atoms with Crippen molar-refractivity contribution in [3.63, 3.8) is 0 Å². The lowest BCUT2D eigenvalue weighted by atomic mass is 9.87. The second-order valence-electron chi connectivity index (χ2n) is 5.45. The number of carbonyl (C=O) groups excluding carboxylic acids is 1. The number of carboxylic acid groups (broad SMARTS) is 1. The fourth-order valence-corrected chi connectivity index (χ4v) is 1.99. The van der Waals surface area contributed by atoms with Crippen LogP contribution in [0.5, 0.6) is 0 Å². The van der Waals surface area contributed by atoms with E-state index in [9.17, 15) is 9.59 Å². The van der Waals surface area contributed by atoms with Crippen LogP contribution in [-0.4, -0.2) is 23.0 Å². The number of aromatic carboxylic acids is 1. The summed E-state index contributed by atoms with van der Waals surface area (Å²) in [4.78, 5) is 22.9. The fraction of sp³-hybridized carbons (Fsp3) is 0.385. The van der Waals surface area contributed by atoms with Crippen molar-refractivity contribution in [3.8, 4) is 0 Å². The highest BCUT2D eigenvalue weighted by molar-refractivity contribution is 6.40. The number of carbonyl (C=O) groups is 2. The predicted molar refractivity (Wildman–Crippen MR) is 79.5 cm³/mol. The Hall–Kier alpha value is -1.30. The van der Waals surface area contributed by atoms with Crippen molar-refractivity contribution < 1.29 is 14.7 Å². The van der Waals surface area contributed by atoms with Gasteiger partial charge in [-0.2, -0.15) is 0 Å². The molecule has 0 saturated carbocycles. The molecule has 110 valence electrons. The van der Waals surface area contributed by atoms with Crippen LogP contribution in [0.25, 0.3) is 0 Å². The molecule has 0 spiro atoms. The van der Waals surface area contributed by atoms with Crippen molar-refractivity contribution in [1.29, 1.82) is 0 Å². The Balaban J connectivity index is 3.05. The molecule has 0 fully saturated rings. The van der Waals surface area contributed by atoms with Crippen LogP contribution in [0, 0.1) is 5.41 Å². The lowest BCUT2D eigenvalue weighted by Gasteiger charge is -2.26. The standard InChI is InChI=1S/C13H16Cl2N2O3/c1-13(2,3)10(16)11(18)17-9-7(14)4-6(12(19)20)5-8(9)15/h4-5,10H,16H2,1-3H3,(H,17,18)(H,19,20)/t10-/m0/s1. The molecule has 0 bridgehead atoms. The first-order valence-corrected chi connectivity index (χ1v) is 6.58. The minimum Gasteiger partial charge on any atom is -0.478 e. The molecular formula is C13H16Cl2N2O3. The Kier molecular flexibility index (Phi) is 5.02. The van der Waals surface area contributed by atoms with E-state index in [1.165, 1.54) is 12.1 Å². The highest BCUT2D eigenvalue weighted by Crippen LogP contribution is 2.32. The van der Waals surface area contributed by atoms with Gasteiger partial charge in [0.15, 0.2) is 0 Å². The summed E-state index contributed by atoms with van der Waals surface area (Å²) in [6.45, 7) is 5.48. The number of hydrogen-bond donors (Lipinski definition) is 3.